The third kappa shape index (κ3) is 1.38. The van der Waals surface area contributed by atoms with Gasteiger partial charge in [-0.3, -0.25) is 0 Å². The molecule has 2 saturated heterocycles. The van der Waals surface area contributed by atoms with Crippen LogP contribution in [0.5, 0.6) is 0 Å². The van der Waals surface area contributed by atoms with Crippen LogP contribution in [0.1, 0.15) is 32.6 Å². The molecule has 2 rings (SSSR count). The van der Waals surface area contributed by atoms with Gasteiger partial charge in [-0.25, -0.2) is 0 Å². The highest BCUT2D eigenvalue weighted by atomic mass is 16.5. The van der Waals surface area contributed by atoms with E-state index >= 15 is 0 Å². The third-order valence-corrected chi connectivity index (χ3v) is 3.20. The largest absolute Gasteiger partial charge is 0.370 e. The number of nitrogens with zero attached hydrogens (tertiary/aromatic N) is 1. The second-order valence-corrected chi connectivity index (χ2v) is 4.38. The average molecular weight is 169 g/mol. The molecule has 0 aromatic rings. The lowest BCUT2D eigenvalue weighted by molar-refractivity contribution is -0.226. The van der Waals surface area contributed by atoms with E-state index in [1.807, 2.05) is 0 Å². The molecule has 2 heterocycles. The number of likely N-dealkylation sites (tertiary alicyclic amines) is 1. The Morgan fingerprint density at radius 2 is 2.33 bits per heavy atom. The molecule has 2 nitrogen and oxygen atoms in total. The first-order valence-corrected chi connectivity index (χ1v) is 5.10. The van der Waals surface area contributed by atoms with Crippen LogP contribution in [-0.4, -0.2) is 36.7 Å². The van der Waals surface area contributed by atoms with E-state index in [4.69, 9.17) is 4.74 Å². The lowest BCUT2D eigenvalue weighted by atomic mass is 9.81. The summed E-state index contributed by atoms with van der Waals surface area (Å²) in [6, 6.07) is 0. The molecular formula is C10H19NO. The van der Waals surface area contributed by atoms with Crippen LogP contribution in [0, 0.1) is 0 Å². The van der Waals surface area contributed by atoms with Crippen LogP contribution < -0.4 is 0 Å². The Kier molecular flexibility index (Phi) is 2.13. The molecule has 2 aliphatic rings. The fraction of sp³-hybridized carbons (Fsp3) is 1.00. The van der Waals surface area contributed by atoms with E-state index in [9.17, 15) is 0 Å². The molecule has 0 radical (unpaired) electrons. The lowest BCUT2D eigenvalue weighted by Crippen LogP contribution is -2.58. The number of likely N-dealkylation sites (N-methyl/N-ethyl adjacent to an activating group) is 1. The maximum absolute atomic E-state index is 5.95. The molecule has 0 saturated carbocycles. The van der Waals surface area contributed by atoms with E-state index in [1.54, 1.807) is 0 Å². The summed E-state index contributed by atoms with van der Waals surface area (Å²) in [5, 5.41) is 0. The van der Waals surface area contributed by atoms with Crippen molar-refractivity contribution in [2.45, 2.75) is 44.3 Å². The second kappa shape index (κ2) is 3.00. The van der Waals surface area contributed by atoms with Gasteiger partial charge in [0.25, 0.3) is 0 Å². The Bertz CT molecular complexity index is 163. The highest BCUT2D eigenvalue weighted by Crippen LogP contribution is 2.40. The zero-order valence-corrected chi connectivity index (χ0v) is 8.18. The van der Waals surface area contributed by atoms with Crippen molar-refractivity contribution in [2.24, 2.45) is 0 Å². The maximum Gasteiger partial charge on any atom is 0.0837 e. The van der Waals surface area contributed by atoms with E-state index in [-0.39, 0.29) is 5.60 Å². The van der Waals surface area contributed by atoms with Gasteiger partial charge in [-0.05, 0) is 32.9 Å². The van der Waals surface area contributed by atoms with Gasteiger partial charge in [-0.1, -0.05) is 6.92 Å². The van der Waals surface area contributed by atoms with Gasteiger partial charge in [0.1, 0.15) is 0 Å². The topological polar surface area (TPSA) is 12.5 Å². The first-order chi connectivity index (χ1) is 5.74. The highest BCUT2D eigenvalue weighted by molar-refractivity contribution is 4.97. The first-order valence-electron chi connectivity index (χ1n) is 5.10. The Balaban J connectivity index is 1.88. The molecule has 0 bridgehead atoms. The Labute approximate surface area is 74.9 Å². The van der Waals surface area contributed by atoms with Crippen molar-refractivity contribution < 1.29 is 4.74 Å². The Morgan fingerprint density at radius 3 is 2.92 bits per heavy atom. The van der Waals surface area contributed by atoms with E-state index in [0.717, 1.165) is 6.54 Å². The number of rotatable bonds is 1. The first kappa shape index (κ1) is 8.52. The standard InChI is InChI=1S/C10H19NO/c1-3-9-7-10(12-9)5-4-6-11(2)8-10/h9H,3-8H2,1-2H3. The number of piperidine rings is 1. The quantitative estimate of drug-likeness (QED) is 0.592. The number of hydrogen-bond acceptors (Lipinski definition) is 2. The molecule has 12 heavy (non-hydrogen) atoms. The minimum Gasteiger partial charge on any atom is -0.370 e. The smallest absolute Gasteiger partial charge is 0.0837 e. The van der Waals surface area contributed by atoms with Crippen LogP contribution in [0.15, 0.2) is 0 Å². The fourth-order valence-electron chi connectivity index (χ4n) is 2.57. The lowest BCUT2D eigenvalue weighted by Gasteiger charge is -2.52. The molecule has 2 aliphatic heterocycles. The SMILES string of the molecule is CCC1CC2(CCCN(C)C2)O1. The highest BCUT2D eigenvalue weighted by Gasteiger charge is 2.46. The van der Waals surface area contributed by atoms with Crippen molar-refractivity contribution in [1.29, 1.82) is 0 Å². The van der Waals surface area contributed by atoms with Crippen molar-refractivity contribution in [1.82, 2.24) is 4.90 Å². The van der Waals surface area contributed by atoms with Gasteiger partial charge in [0.15, 0.2) is 0 Å². The van der Waals surface area contributed by atoms with Gasteiger partial charge >= 0.3 is 0 Å². The van der Waals surface area contributed by atoms with Crippen LogP contribution >= 0.6 is 0 Å². The molecule has 0 aromatic heterocycles. The number of hydrogen-bond donors (Lipinski definition) is 0. The third-order valence-electron chi connectivity index (χ3n) is 3.20. The van der Waals surface area contributed by atoms with Crippen LogP contribution in [-0.2, 0) is 4.74 Å². The summed E-state index contributed by atoms with van der Waals surface area (Å²) in [6.07, 6.45) is 5.65. The van der Waals surface area contributed by atoms with Gasteiger partial charge in [0.05, 0.1) is 11.7 Å². The summed E-state index contributed by atoms with van der Waals surface area (Å²) in [6.45, 7) is 4.62. The maximum atomic E-state index is 5.95. The van der Waals surface area contributed by atoms with Crippen molar-refractivity contribution in [3.8, 4) is 0 Å². The normalized spacial score (nSPS) is 43.0. The van der Waals surface area contributed by atoms with Crippen LogP contribution in [0.2, 0.25) is 0 Å². The molecule has 70 valence electrons. The zero-order valence-electron chi connectivity index (χ0n) is 8.18. The summed E-state index contributed by atoms with van der Waals surface area (Å²) in [5.41, 5.74) is 0.272. The monoisotopic (exact) mass is 169 g/mol. The van der Waals surface area contributed by atoms with E-state index in [2.05, 4.69) is 18.9 Å². The number of ether oxygens (including phenoxy) is 1. The zero-order chi connectivity index (χ0) is 8.60. The van der Waals surface area contributed by atoms with Crippen molar-refractivity contribution in [3.05, 3.63) is 0 Å². The summed E-state index contributed by atoms with van der Waals surface area (Å²) in [5.74, 6) is 0. The van der Waals surface area contributed by atoms with Gasteiger partial charge < -0.3 is 9.64 Å². The average Bonchev–Trinajstić information content (AvgIpc) is 1.99. The van der Waals surface area contributed by atoms with Crippen molar-refractivity contribution in [3.63, 3.8) is 0 Å². The van der Waals surface area contributed by atoms with Gasteiger partial charge in [-0.2, -0.15) is 0 Å². The summed E-state index contributed by atoms with van der Waals surface area (Å²) in [7, 11) is 2.20. The van der Waals surface area contributed by atoms with Crippen LogP contribution in [0.4, 0.5) is 0 Å². The molecule has 0 aromatic carbocycles. The Morgan fingerprint density at radius 1 is 1.58 bits per heavy atom. The minimum absolute atomic E-state index is 0.272. The molecule has 0 N–H and O–H groups in total. The van der Waals surface area contributed by atoms with Crippen molar-refractivity contribution >= 4 is 0 Å². The Hall–Kier alpha value is -0.0800. The van der Waals surface area contributed by atoms with Crippen molar-refractivity contribution in [2.75, 3.05) is 20.1 Å². The fourth-order valence-corrected chi connectivity index (χ4v) is 2.57. The molecular weight excluding hydrogens is 150 g/mol. The molecule has 2 atom stereocenters. The summed E-state index contributed by atoms with van der Waals surface area (Å²) >= 11 is 0. The molecule has 1 spiro atoms. The molecule has 0 amide bonds. The second-order valence-electron chi connectivity index (χ2n) is 4.38. The molecule has 0 aliphatic carbocycles. The van der Waals surface area contributed by atoms with Gasteiger partial charge in [0, 0.05) is 13.0 Å². The molecule has 2 unspecified atom stereocenters. The van der Waals surface area contributed by atoms with Gasteiger partial charge in [0.2, 0.25) is 0 Å². The van der Waals surface area contributed by atoms with Crippen LogP contribution in [0.25, 0.3) is 0 Å². The van der Waals surface area contributed by atoms with E-state index < -0.39 is 0 Å². The molecule has 2 heteroatoms. The van der Waals surface area contributed by atoms with Gasteiger partial charge in [-0.15, -0.1) is 0 Å². The predicted octanol–water partition coefficient (Wildman–Crippen LogP) is 1.65. The predicted molar refractivity (Wildman–Crippen MR) is 49.2 cm³/mol. The molecule has 2 fully saturated rings. The van der Waals surface area contributed by atoms with E-state index in [0.29, 0.717) is 6.10 Å². The summed E-state index contributed by atoms with van der Waals surface area (Å²) in [4.78, 5) is 2.40. The minimum atomic E-state index is 0.272. The summed E-state index contributed by atoms with van der Waals surface area (Å²) < 4.78 is 5.95. The van der Waals surface area contributed by atoms with Crippen LogP contribution in [0.3, 0.4) is 0 Å². The van der Waals surface area contributed by atoms with E-state index in [1.165, 1.54) is 32.2 Å².